The summed E-state index contributed by atoms with van der Waals surface area (Å²) in [6.45, 7) is 1.97. The Morgan fingerprint density at radius 3 is 2.80 bits per heavy atom. The monoisotopic (exact) mass is 286 g/mol. The van der Waals surface area contributed by atoms with Crippen molar-refractivity contribution in [3.63, 3.8) is 0 Å². The van der Waals surface area contributed by atoms with Crippen LogP contribution in [-0.2, 0) is 0 Å². The second-order valence-corrected chi connectivity index (χ2v) is 5.70. The molecule has 4 heteroatoms. The lowest BCUT2D eigenvalue weighted by atomic mass is 9.94. The van der Waals surface area contributed by atoms with Gasteiger partial charge in [-0.1, -0.05) is 24.3 Å². The number of hydrogen-bond donors (Lipinski definition) is 2. The Hall–Kier alpha value is -1.75. The van der Waals surface area contributed by atoms with Gasteiger partial charge in [-0.3, -0.25) is 5.84 Å². The van der Waals surface area contributed by atoms with Crippen LogP contribution in [-0.4, -0.2) is 0 Å². The molecule has 1 atom stereocenters. The molecule has 1 unspecified atom stereocenters. The van der Waals surface area contributed by atoms with Gasteiger partial charge < -0.3 is 0 Å². The molecule has 20 heavy (non-hydrogen) atoms. The van der Waals surface area contributed by atoms with Gasteiger partial charge in [0.25, 0.3) is 0 Å². The van der Waals surface area contributed by atoms with Crippen molar-refractivity contribution in [2.75, 3.05) is 0 Å². The molecule has 3 rings (SSSR count). The number of hydrazine groups is 1. The zero-order valence-electron chi connectivity index (χ0n) is 11.1. The number of aryl methyl sites for hydroxylation is 1. The van der Waals surface area contributed by atoms with Crippen LogP contribution in [0.1, 0.15) is 22.7 Å². The summed E-state index contributed by atoms with van der Waals surface area (Å²) in [6.07, 6.45) is 0. The summed E-state index contributed by atoms with van der Waals surface area (Å²) < 4.78 is 14.7. The number of rotatable bonds is 3. The lowest BCUT2D eigenvalue weighted by molar-refractivity contribution is 0.604. The lowest BCUT2D eigenvalue weighted by Gasteiger charge is -2.20. The lowest BCUT2D eigenvalue weighted by Crippen LogP contribution is -2.29. The van der Waals surface area contributed by atoms with Crippen molar-refractivity contribution < 1.29 is 4.39 Å². The van der Waals surface area contributed by atoms with Crippen molar-refractivity contribution >= 4 is 21.4 Å². The van der Waals surface area contributed by atoms with Crippen LogP contribution in [0.15, 0.2) is 47.8 Å². The Bertz CT molecular complexity index is 751. The summed E-state index contributed by atoms with van der Waals surface area (Å²) in [4.78, 5) is 0. The van der Waals surface area contributed by atoms with Crippen molar-refractivity contribution in [3.8, 4) is 0 Å². The minimum Gasteiger partial charge on any atom is -0.271 e. The average Bonchev–Trinajstić information content (AvgIpc) is 2.92. The zero-order chi connectivity index (χ0) is 14.1. The molecule has 1 aromatic heterocycles. The molecule has 0 saturated heterocycles. The third-order valence-corrected chi connectivity index (χ3v) is 4.52. The first-order valence-electron chi connectivity index (χ1n) is 6.39. The fourth-order valence-electron chi connectivity index (χ4n) is 2.51. The number of nitrogens with one attached hydrogen (secondary N) is 1. The van der Waals surface area contributed by atoms with Crippen LogP contribution in [0.25, 0.3) is 10.1 Å². The summed E-state index contributed by atoms with van der Waals surface area (Å²) in [6, 6.07) is 12.8. The molecule has 0 spiro atoms. The Balaban J connectivity index is 2.19. The minimum absolute atomic E-state index is 0.215. The van der Waals surface area contributed by atoms with Gasteiger partial charge in [-0.05, 0) is 52.6 Å². The highest BCUT2D eigenvalue weighted by Crippen LogP contribution is 2.33. The predicted molar refractivity (Wildman–Crippen MR) is 82.1 cm³/mol. The Labute approximate surface area is 121 Å². The topological polar surface area (TPSA) is 38.0 Å². The van der Waals surface area contributed by atoms with E-state index in [0.717, 1.165) is 16.7 Å². The first kappa shape index (κ1) is 13.2. The normalized spacial score (nSPS) is 12.8. The summed E-state index contributed by atoms with van der Waals surface area (Å²) >= 11 is 1.67. The number of halogens is 1. The molecular weight excluding hydrogens is 271 g/mol. The van der Waals surface area contributed by atoms with Gasteiger partial charge in [0.1, 0.15) is 5.82 Å². The van der Waals surface area contributed by atoms with E-state index in [9.17, 15) is 4.39 Å². The number of nitrogens with two attached hydrogens (primary N) is 1. The number of thiophene rings is 1. The van der Waals surface area contributed by atoms with E-state index in [2.05, 4.69) is 22.9 Å². The van der Waals surface area contributed by atoms with E-state index in [4.69, 9.17) is 5.84 Å². The van der Waals surface area contributed by atoms with E-state index in [0.29, 0.717) is 0 Å². The molecule has 2 nitrogen and oxygen atoms in total. The number of fused-ring (bicyclic) bond motifs is 1. The highest BCUT2D eigenvalue weighted by molar-refractivity contribution is 7.17. The molecule has 0 fully saturated rings. The average molecular weight is 286 g/mol. The van der Waals surface area contributed by atoms with Crippen molar-refractivity contribution in [2.45, 2.75) is 13.0 Å². The first-order valence-corrected chi connectivity index (χ1v) is 7.27. The molecule has 0 bridgehead atoms. The van der Waals surface area contributed by atoms with E-state index < -0.39 is 0 Å². The van der Waals surface area contributed by atoms with Crippen LogP contribution in [0.5, 0.6) is 0 Å². The molecule has 0 radical (unpaired) electrons. The standard InChI is InChI=1S/C16H15FN2S/c1-10-5-6-12(17)9-14(10)15(19-18)13-4-2-3-11-7-8-20-16(11)13/h2-9,15,19H,18H2,1H3. The van der Waals surface area contributed by atoms with Gasteiger partial charge >= 0.3 is 0 Å². The second kappa shape index (κ2) is 5.32. The summed E-state index contributed by atoms with van der Waals surface area (Å²) in [5.74, 6) is 5.50. The van der Waals surface area contributed by atoms with Gasteiger partial charge in [0.2, 0.25) is 0 Å². The fourth-order valence-corrected chi connectivity index (χ4v) is 3.46. The highest BCUT2D eigenvalue weighted by Gasteiger charge is 2.18. The minimum atomic E-state index is -0.246. The maximum absolute atomic E-state index is 13.5. The maximum Gasteiger partial charge on any atom is 0.123 e. The van der Waals surface area contributed by atoms with Crippen molar-refractivity contribution in [1.82, 2.24) is 5.43 Å². The second-order valence-electron chi connectivity index (χ2n) is 4.79. The molecule has 0 aliphatic heterocycles. The number of hydrogen-bond acceptors (Lipinski definition) is 3. The Kier molecular flexibility index (Phi) is 3.53. The highest BCUT2D eigenvalue weighted by atomic mass is 32.1. The first-order chi connectivity index (χ1) is 9.70. The van der Waals surface area contributed by atoms with Crippen LogP contribution < -0.4 is 11.3 Å². The largest absolute Gasteiger partial charge is 0.271 e. The van der Waals surface area contributed by atoms with E-state index in [1.165, 1.54) is 16.2 Å². The van der Waals surface area contributed by atoms with Crippen molar-refractivity contribution in [2.24, 2.45) is 5.84 Å². The summed E-state index contributed by atoms with van der Waals surface area (Å²) in [5, 5.41) is 3.24. The maximum atomic E-state index is 13.5. The third-order valence-electron chi connectivity index (χ3n) is 3.54. The van der Waals surface area contributed by atoms with Crippen LogP contribution >= 0.6 is 11.3 Å². The smallest absolute Gasteiger partial charge is 0.123 e. The van der Waals surface area contributed by atoms with Gasteiger partial charge in [0, 0.05) is 4.70 Å². The molecule has 3 aromatic rings. The molecule has 0 saturated carbocycles. The third kappa shape index (κ3) is 2.22. The molecule has 0 aliphatic rings. The van der Waals surface area contributed by atoms with Crippen molar-refractivity contribution in [3.05, 3.63) is 70.4 Å². The van der Waals surface area contributed by atoms with Gasteiger partial charge in [-0.25, -0.2) is 9.82 Å². The van der Waals surface area contributed by atoms with Gasteiger partial charge in [-0.15, -0.1) is 11.3 Å². The molecule has 0 aliphatic carbocycles. The molecule has 3 N–H and O–H groups in total. The fraction of sp³-hybridized carbons (Fsp3) is 0.125. The van der Waals surface area contributed by atoms with E-state index in [1.54, 1.807) is 23.5 Å². The SMILES string of the molecule is Cc1ccc(F)cc1C(NN)c1cccc2ccsc12. The molecule has 2 aromatic carbocycles. The molecule has 0 amide bonds. The van der Waals surface area contributed by atoms with Crippen LogP contribution in [0.4, 0.5) is 4.39 Å². The molecule has 1 heterocycles. The van der Waals surface area contributed by atoms with Crippen LogP contribution in [0.3, 0.4) is 0 Å². The zero-order valence-corrected chi connectivity index (χ0v) is 11.9. The summed E-state index contributed by atoms with van der Waals surface area (Å²) in [5.41, 5.74) is 5.79. The Morgan fingerprint density at radius 2 is 2.00 bits per heavy atom. The predicted octanol–water partition coefficient (Wildman–Crippen LogP) is 3.90. The molecule has 102 valence electrons. The van der Waals surface area contributed by atoms with E-state index in [-0.39, 0.29) is 11.9 Å². The van der Waals surface area contributed by atoms with Crippen LogP contribution in [0.2, 0.25) is 0 Å². The quantitative estimate of drug-likeness (QED) is 0.566. The molecular formula is C16H15FN2S. The Morgan fingerprint density at radius 1 is 1.15 bits per heavy atom. The van der Waals surface area contributed by atoms with E-state index >= 15 is 0 Å². The number of benzene rings is 2. The van der Waals surface area contributed by atoms with Crippen LogP contribution in [0, 0.1) is 12.7 Å². The van der Waals surface area contributed by atoms with Gasteiger partial charge in [-0.2, -0.15) is 0 Å². The summed E-state index contributed by atoms with van der Waals surface area (Å²) in [7, 11) is 0. The van der Waals surface area contributed by atoms with Gasteiger partial charge in [0.05, 0.1) is 6.04 Å². The van der Waals surface area contributed by atoms with Gasteiger partial charge in [0.15, 0.2) is 0 Å². The van der Waals surface area contributed by atoms with Crippen molar-refractivity contribution in [1.29, 1.82) is 0 Å². The van der Waals surface area contributed by atoms with E-state index in [1.807, 2.05) is 19.1 Å².